The van der Waals surface area contributed by atoms with Gasteiger partial charge in [0, 0.05) is 24.2 Å². The molecule has 0 bridgehead atoms. The van der Waals surface area contributed by atoms with Crippen LogP contribution in [0.3, 0.4) is 0 Å². The molecule has 0 fully saturated rings. The lowest BCUT2D eigenvalue weighted by atomic mass is 10.1. The summed E-state index contributed by atoms with van der Waals surface area (Å²) in [5.41, 5.74) is 2.31. The predicted octanol–water partition coefficient (Wildman–Crippen LogP) is 3.11. The van der Waals surface area contributed by atoms with Gasteiger partial charge in [-0.25, -0.2) is 4.79 Å². The SMILES string of the molecule is Cc1[nH]ncc1CCCNC(=O)N(C)C(C)c1cccs1. The number of aryl methyl sites for hydroxylation is 2. The first-order valence-electron chi connectivity index (χ1n) is 7.12. The number of thiophene rings is 1. The molecule has 21 heavy (non-hydrogen) atoms. The van der Waals surface area contributed by atoms with Crippen LogP contribution in [0.15, 0.2) is 23.7 Å². The maximum absolute atomic E-state index is 12.1. The number of hydrogen-bond acceptors (Lipinski definition) is 3. The zero-order chi connectivity index (χ0) is 15.2. The van der Waals surface area contributed by atoms with Crippen molar-refractivity contribution in [1.82, 2.24) is 20.4 Å². The average Bonchev–Trinajstić information content (AvgIpc) is 3.13. The van der Waals surface area contributed by atoms with E-state index >= 15 is 0 Å². The Morgan fingerprint density at radius 1 is 1.57 bits per heavy atom. The number of carbonyl (C=O) groups excluding carboxylic acids is 1. The van der Waals surface area contributed by atoms with Crippen molar-refractivity contribution in [2.45, 2.75) is 32.7 Å². The van der Waals surface area contributed by atoms with Gasteiger partial charge in [0.15, 0.2) is 0 Å². The zero-order valence-corrected chi connectivity index (χ0v) is 13.5. The lowest BCUT2D eigenvalue weighted by Crippen LogP contribution is -2.39. The van der Waals surface area contributed by atoms with Crippen molar-refractivity contribution in [2.24, 2.45) is 0 Å². The number of H-pyrrole nitrogens is 1. The number of aromatic amines is 1. The maximum Gasteiger partial charge on any atom is 0.317 e. The summed E-state index contributed by atoms with van der Waals surface area (Å²) in [6, 6.07) is 4.14. The Morgan fingerprint density at radius 3 is 3.00 bits per heavy atom. The van der Waals surface area contributed by atoms with Crippen LogP contribution in [0.25, 0.3) is 0 Å². The standard InChI is InChI=1S/C15H22N4OS/c1-11-13(10-17-18-11)6-4-8-16-15(20)19(3)12(2)14-7-5-9-21-14/h5,7,9-10,12H,4,6,8H2,1-3H3,(H,16,20)(H,17,18). The lowest BCUT2D eigenvalue weighted by Gasteiger charge is -2.24. The van der Waals surface area contributed by atoms with E-state index in [9.17, 15) is 4.79 Å². The molecule has 0 aliphatic heterocycles. The van der Waals surface area contributed by atoms with Gasteiger partial charge in [0.05, 0.1) is 12.2 Å². The van der Waals surface area contributed by atoms with Crippen molar-refractivity contribution in [2.75, 3.05) is 13.6 Å². The molecular formula is C15H22N4OS. The van der Waals surface area contributed by atoms with Crippen molar-refractivity contribution in [3.05, 3.63) is 39.8 Å². The quantitative estimate of drug-likeness (QED) is 0.806. The molecule has 6 heteroatoms. The summed E-state index contributed by atoms with van der Waals surface area (Å²) in [7, 11) is 1.83. The van der Waals surface area contributed by atoms with E-state index in [0.717, 1.165) is 18.5 Å². The molecule has 0 radical (unpaired) electrons. The van der Waals surface area contributed by atoms with Crippen LogP contribution in [0.1, 0.15) is 35.5 Å². The summed E-state index contributed by atoms with van der Waals surface area (Å²) < 4.78 is 0. The van der Waals surface area contributed by atoms with Crippen LogP contribution in [0.4, 0.5) is 4.79 Å². The van der Waals surface area contributed by atoms with Crippen LogP contribution >= 0.6 is 11.3 Å². The molecule has 2 N–H and O–H groups in total. The van der Waals surface area contributed by atoms with E-state index in [1.165, 1.54) is 10.4 Å². The molecule has 114 valence electrons. The predicted molar refractivity (Wildman–Crippen MR) is 85.5 cm³/mol. The maximum atomic E-state index is 12.1. The van der Waals surface area contributed by atoms with Gasteiger partial charge >= 0.3 is 6.03 Å². The number of urea groups is 1. The first-order valence-corrected chi connectivity index (χ1v) is 8.00. The highest BCUT2D eigenvalue weighted by molar-refractivity contribution is 7.10. The van der Waals surface area contributed by atoms with Gasteiger partial charge in [-0.3, -0.25) is 5.10 Å². The van der Waals surface area contributed by atoms with Gasteiger partial charge < -0.3 is 10.2 Å². The fraction of sp³-hybridized carbons (Fsp3) is 0.467. The van der Waals surface area contributed by atoms with Crippen molar-refractivity contribution >= 4 is 17.4 Å². The number of carbonyl (C=O) groups is 1. The van der Waals surface area contributed by atoms with Crippen molar-refractivity contribution in [1.29, 1.82) is 0 Å². The Bertz CT molecular complexity index is 564. The van der Waals surface area contributed by atoms with E-state index in [0.29, 0.717) is 6.54 Å². The minimum absolute atomic E-state index is 0.0279. The number of hydrogen-bond donors (Lipinski definition) is 2. The highest BCUT2D eigenvalue weighted by Gasteiger charge is 2.17. The summed E-state index contributed by atoms with van der Waals surface area (Å²) >= 11 is 1.67. The van der Waals surface area contributed by atoms with Gasteiger partial charge in [0.2, 0.25) is 0 Å². The molecule has 1 atom stereocenters. The van der Waals surface area contributed by atoms with Gasteiger partial charge in [0.25, 0.3) is 0 Å². The number of amides is 2. The molecule has 5 nitrogen and oxygen atoms in total. The Kier molecular flexibility index (Phi) is 5.38. The number of rotatable bonds is 6. The summed E-state index contributed by atoms with van der Waals surface area (Å²) in [5.74, 6) is 0. The van der Waals surface area contributed by atoms with Gasteiger partial charge in [0.1, 0.15) is 0 Å². The van der Waals surface area contributed by atoms with Gasteiger partial charge in [-0.1, -0.05) is 6.07 Å². The Hall–Kier alpha value is -1.82. The molecule has 0 aromatic carbocycles. The monoisotopic (exact) mass is 306 g/mol. The van der Waals surface area contributed by atoms with Crippen LogP contribution < -0.4 is 5.32 Å². The number of aromatic nitrogens is 2. The van der Waals surface area contributed by atoms with Crippen molar-refractivity contribution in [3.63, 3.8) is 0 Å². The normalized spacial score (nSPS) is 12.1. The first-order chi connectivity index (χ1) is 10.1. The Labute approximate surface area is 129 Å². The molecule has 0 saturated heterocycles. The fourth-order valence-corrected chi connectivity index (χ4v) is 2.95. The van der Waals surface area contributed by atoms with Crippen molar-refractivity contribution in [3.8, 4) is 0 Å². The highest BCUT2D eigenvalue weighted by Crippen LogP contribution is 2.23. The minimum Gasteiger partial charge on any atom is -0.338 e. The highest BCUT2D eigenvalue weighted by atomic mass is 32.1. The van der Waals surface area contributed by atoms with Crippen molar-refractivity contribution < 1.29 is 4.79 Å². The second kappa shape index (κ2) is 7.26. The first kappa shape index (κ1) is 15.6. The van der Waals surface area contributed by atoms with E-state index < -0.39 is 0 Å². The molecule has 2 aromatic rings. The summed E-state index contributed by atoms with van der Waals surface area (Å²) in [6.07, 6.45) is 3.68. The third-order valence-electron chi connectivity index (χ3n) is 3.69. The van der Waals surface area contributed by atoms with Gasteiger partial charge in [-0.2, -0.15) is 5.10 Å². The van der Waals surface area contributed by atoms with E-state index in [1.54, 1.807) is 16.2 Å². The molecule has 2 heterocycles. The molecule has 2 aromatic heterocycles. The fourth-order valence-electron chi connectivity index (χ4n) is 2.12. The lowest BCUT2D eigenvalue weighted by molar-refractivity contribution is 0.195. The summed E-state index contributed by atoms with van der Waals surface area (Å²) in [5, 5.41) is 11.9. The molecule has 0 saturated carbocycles. The number of nitrogens with zero attached hydrogens (tertiary/aromatic N) is 2. The second-order valence-electron chi connectivity index (χ2n) is 5.16. The molecular weight excluding hydrogens is 284 g/mol. The molecule has 1 unspecified atom stereocenters. The molecule has 2 amide bonds. The average molecular weight is 306 g/mol. The van der Waals surface area contributed by atoms with E-state index in [1.807, 2.05) is 38.5 Å². The van der Waals surface area contributed by atoms with Crippen LogP contribution in [0, 0.1) is 6.92 Å². The number of nitrogens with one attached hydrogen (secondary N) is 2. The smallest absolute Gasteiger partial charge is 0.317 e. The summed E-state index contributed by atoms with van der Waals surface area (Å²) in [6.45, 7) is 4.72. The van der Waals surface area contributed by atoms with Crippen LogP contribution in [0.5, 0.6) is 0 Å². The van der Waals surface area contributed by atoms with E-state index in [2.05, 4.69) is 21.6 Å². The van der Waals surface area contributed by atoms with Crippen LogP contribution in [-0.4, -0.2) is 34.7 Å². The van der Waals surface area contributed by atoms with E-state index in [4.69, 9.17) is 0 Å². The summed E-state index contributed by atoms with van der Waals surface area (Å²) in [4.78, 5) is 15.0. The Balaban J connectivity index is 1.73. The topological polar surface area (TPSA) is 61.0 Å². The van der Waals surface area contributed by atoms with Crippen LogP contribution in [0.2, 0.25) is 0 Å². The van der Waals surface area contributed by atoms with E-state index in [-0.39, 0.29) is 12.1 Å². The third kappa shape index (κ3) is 4.07. The van der Waals surface area contributed by atoms with Gasteiger partial charge in [-0.05, 0) is 43.7 Å². The molecule has 0 aliphatic rings. The van der Waals surface area contributed by atoms with Gasteiger partial charge in [-0.15, -0.1) is 11.3 Å². The minimum atomic E-state index is -0.0279. The molecule has 0 spiro atoms. The second-order valence-corrected chi connectivity index (χ2v) is 6.14. The zero-order valence-electron chi connectivity index (χ0n) is 12.7. The van der Waals surface area contributed by atoms with Crippen LogP contribution in [-0.2, 0) is 6.42 Å². The molecule has 2 rings (SSSR count). The largest absolute Gasteiger partial charge is 0.338 e. The Morgan fingerprint density at radius 2 is 2.38 bits per heavy atom. The molecule has 0 aliphatic carbocycles. The third-order valence-corrected chi connectivity index (χ3v) is 4.73.